The van der Waals surface area contributed by atoms with E-state index < -0.39 is 11.4 Å². The van der Waals surface area contributed by atoms with Gasteiger partial charge in [-0.25, -0.2) is 9.37 Å². The Bertz CT molecular complexity index is 595. The number of fused-ring (bicyclic) bond motifs is 1. The first kappa shape index (κ1) is 18.6. The molecule has 2 aromatic rings. The number of carbonyl (C=O) groups is 1. The van der Waals surface area contributed by atoms with Gasteiger partial charge >= 0.3 is 0 Å². The van der Waals surface area contributed by atoms with Crippen molar-refractivity contribution in [1.82, 2.24) is 15.3 Å². The third kappa shape index (κ3) is 4.33. The van der Waals surface area contributed by atoms with Gasteiger partial charge in [-0.1, -0.05) is 0 Å². The molecule has 0 aliphatic rings. The minimum atomic E-state index is -0.520. The quantitative estimate of drug-likeness (QED) is 0.808. The first-order valence-electron chi connectivity index (χ1n) is 5.56. The summed E-state index contributed by atoms with van der Waals surface area (Å²) >= 11 is 0. The molecule has 0 atom stereocenters. The van der Waals surface area contributed by atoms with E-state index >= 15 is 0 Å². The summed E-state index contributed by atoms with van der Waals surface area (Å²) < 4.78 is 13.4. The van der Waals surface area contributed by atoms with E-state index in [9.17, 15) is 9.18 Å². The molecule has 0 unspecified atom stereocenters. The lowest BCUT2D eigenvalue weighted by Crippen LogP contribution is -2.45. The van der Waals surface area contributed by atoms with Crippen molar-refractivity contribution in [2.75, 3.05) is 6.54 Å². The second kappa shape index (κ2) is 6.88. The van der Waals surface area contributed by atoms with Gasteiger partial charge < -0.3 is 16.0 Å². The van der Waals surface area contributed by atoms with Gasteiger partial charge in [-0.15, -0.1) is 24.8 Å². The summed E-state index contributed by atoms with van der Waals surface area (Å²) in [5.41, 5.74) is 6.40. The van der Waals surface area contributed by atoms with Crippen LogP contribution < -0.4 is 11.1 Å². The molecule has 20 heavy (non-hydrogen) atoms. The molecule has 0 fully saturated rings. The number of rotatable bonds is 3. The number of nitrogens with zero attached hydrogens (tertiary/aromatic N) is 1. The molecule has 4 N–H and O–H groups in total. The summed E-state index contributed by atoms with van der Waals surface area (Å²) in [5, 5.41) is 2.66. The van der Waals surface area contributed by atoms with Crippen molar-refractivity contribution in [2.45, 2.75) is 19.4 Å². The van der Waals surface area contributed by atoms with Crippen molar-refractivity contribution in [1.29, 1.82) is 0 Å². The molecule has 1 aromatic heterocycles. The second-order valence-electron chi connectivity index (χ2n) is 4.92. The predicted molar refractivity (Wildman–Crippen MR) is 81.1 cm³/mol. The fraction of sp³-hybridized carbons (Fsp3) is 0.333. The lowest BCUT2D eigenvalue weighted by Gasteiger charge is -2.18. The van der Waals surface area contributed by atoms with Crippen LogP contribution in [-0.4, -0.2) is 28.0 Å². The van der Waals surface area contributed by atoms with Gasteiger partial charge in [0.1, 0.15) is 11.3 Å². The molecule has 2 rings (SSSR count). The molecule has 0 aliphatic heterocycles. The van der Waals surface area contributed by atoms with Gasteiger partial charge in [-0.3, -0.25) is 4.79 Å². The van der Waals surface area contributed by atoms with Crippen LogP contribution in [-0.2, 0) is 0 Å². The molecule has 8 heteroatoms. The fourth-order valence-electron chi connectivity index (χ4n) is 1.59. The van der Waals surface area contributed by atoms with Crippen LogP contribution in [0.5, 0.6) is 0 Å². The first-order chi connectivity index (χ1) is 8.37. The maximum absolute atomic E-state index is 13.4. The topological polar surface area (TPSA) is 83.8 Å². The lowest BCUT2D eigenvalue weighted by molar-refractivity contribution is 0.0947. The van der Waals surface area contributed by atoms with Crippen LogP contribution in [0.1, 0.15) is 24.2 Å². The second-order valence-corrected chi connectivity index (χ2v) is 4.92. The summed E-state index contributed by atoms with van der Waals surface area (Å²) in [7, 11) is 0. The molecule has 112 valence electrons. The first-order valence-corrected chi connectivity index (χ1v) is 5.56. The van der Waals surface area contributed by atoms with Crippen LogP contribution >= 0.6 is 24.8 Å². The summed E-state index contributed by atoms with van der Waals surface area (Å²) in [4.78, 5) is 18.8. The number of amides is 1. The summed E-state index contributed by atoms with van der Waals surface area (Å²) in [6, 6.07) is 2.47. The van der Waals surface area contributed by atoms with E-state index in [-0.39, 0.29) is 36.3 Å². The smallest absolute Gasteiger partial charge is 0.253 e. The van der Waals surface area contributed by atoms with Gasteiger partial charge in [0.15, 0.2) is 0 Å². The molecule has 0 bridgehead atoms. The van der Waals surface area contributed by atoms with Crippen molar-refractivity contribution in [3.05, 3.63) is 29.8 Å². The van der Waals surface area contributed by atoms with Crippen LogP contribution in [0.15, 0.2) is 18.5 Å². The Kier molecular flexibility index (Phi) is 6.40. The predicted octanol–water partition coefficient (Wildman–Crippen LogP) is 2.01. The molecule has 0 radical (unpaired) electrons. The molecule has 0 aliphatic carbocycles. The summed E-state index contributed by atoms with van der Waals surface area (Å²) in [5.74, 6) is -0.867. The van der Waals surface area contributed by atoms with E-state index in [1.54, 1.807) is 13.8 Å². The monoisotopic (exact) mass is 322 g/mol. The van der Waals surface area contributed by atoms with E-state index in [1.807, 2.05) is 0 Å². The number of hydrogen-bond donors (Lipinski definition) is 3. The Morgan fingerprint density at radius 3 is 2.70 bits per heavy atom. The number of hydrogen-bond acceptors (Lipinski definition) is 3. The SMILES string of the molecule is CC(C)(N)CNC(=O)c1cc(F)cc2[nH]cnc12.Cl.Cl. The van der Waals surface area contributed by atoms with Crippen LogP contribution in [0.25, 0.3) is 11.0 Å². The van der Waals surface area contributed by atoms with E-state index in [2.05, 4.69) is 15.3 Å². The number of nitrogens with one attached hydrogen (secondary N) is 2. The zero-order valence-electron chi connectivity index (χ0n) is 11.1. The average Bonchev–Trinajstić information content (AvgIpc) is 2.71. The maximum Gasteiger partial charge on any atom is 0.253 e. The normalized spacial score (nSPS) is 10.6. The molecule has 1 amide bonds. The van der Waals surface area contributed by atoms with Gasteiger partial charge in [-0.05, 0) is 26.0 Å². The van der Waals surface area contributed by atoms with Crippen LogP contribution in [0.3, 0.4) is 0 Å². The standard InChI is InChI=1S/C12H15FN4O.2ClH/c1-12(2,14)5-15-11(18)8-3-7(13)4-9-10(8)17-6-16-9;;/h3-4,6H,5,14H2,1-2H3,(H,15,18)(H,16,17);2*1H. The Morgan fingerprint density at radius 1 is 1.45 bits per heavy atom. The number of H-pyrrole nitrogens is 1. The molecule has 0 saturated carbocycles. The highest BCUT2D eigenvalue weighted by Gasteiger charge is 2.17. The Hall–Kier alpha value is -1.37. The van der Waals surface area contributed by atoms with Gasteiger partial charge in [0.2, 0.25) is 0 Å². The fourth-order valence-corrected chi connectivity index (χ4v) is 1.59. The molecule has 0 spiro atoms. The number of halogens is 3. The highest BCUT2D eigenvalue weighted by Crippen LogP contribution is 2.17. The van der Waals surface area contributed by atoms with Gasteiger partial charge in [-0.2, -0.15) is 0 Å². The number of benzene rings is 1. The number of aromatic nitrogens is 2. The Labute approximate surface area is 128 Å². The van der Waals surface area contributed by atoms with E-state index in [0.29, 0.717) is 17.6 Å². The van der Waals surface area contributed by atoms with Crippen molar-refractivity contribution < 1.29 is 9.18 Å². The van der Waals surface area contributed by atoms with Crippen molar-refractivity contribution >= 4 is 41.8 Å². The highest BCUT2D eigenvalue weighted by atomic mass is 35.5. The molecule has 1 heterocycles. The molecule has 5 nitrogen and oxygen atoms in total. The summed E-state index contributed by atoms with van der Waals surface area (Å²) in [6.07, 6.45) is 1.42. The van der Waals surface area contributed by atoms with Crippen LogP contribution in [0, 0.1) is 5.82 Å². The number of aromatic amines is 1. The molecule has 0 saturated heterocycles. The number of nitrogens with two attached hydrogens (primary N) is 1. The average molecular weight is 323 g/mol. The van der Waals surface area contributed by atoms with E-state index in [0.717, 1.165) is 0 Å². The van der Waals surface area contributed by atoms with E-state index in [1.165, 1.54) is 18.5 Å². The third-order valence-corrected chi connectivity index (χ3v) is 2.44. The lowest BCUT2D eigenvalue weighted by atomic mass is 10.1. The van der Waals surface area contributed by atoms with Crippen molar-refractivity contribution in [3.8, 4) is 0 Å². The molecular weight excluding hydrogens is 306 g/mol. The molecular formula is C12H17Cl2FN4O. The zero-order chi connectivity index (χ0) is 13.3. The highest BCUT2D eigenvalue weighted by molar-refractivity contribution is 6.04. The van der Waals surface area contributed by atoms with Crippen molar-refractivity contribution in [2.24, 2.45) is 5.73 Å². The third-order valence-electron chi connectivity index (χ3n) is 2.44. The molecule has 1 aromatic carbocycles. The van der Waals surface area contributed by atoms with Crippen molar-refractivity contribution in [3.63, 3.8) is 0 Å². The van der Waals surface area contributed by atoms with Gasteiger partial charge in [0, 0.05) is 12.1 Å². The minimum Gasteiger partial charge on any atom is -0.350 e. The van der Waals surface area contributed by atoms with Gasteiger partial charge in [0.25, 0.3) is 5.91 Å². The maximum atomic E-state index is 13.4. The Balaban J connectivity index is 0.00000180. The Morgan fingerprint density at radius 2 is 2.10 bits per heavy atom. The largest absolute Gasteiger partial charge is 0.350 e. The minimum absolute atomic E-state index is 0. The van der Waals surface area contributed by atoms with E-state index in [4.69, 9.17) is 5.73 Å². The summed E-state index contributed by atoms with van der Waals surface area (Å²) in [6.45, 7) is 3.89. The zero-order valence-corrected chi connectivity index (χ0v) is 12.7. The van der Waals surface area contributed by atoms with Crippen LogP contribution in [0.2, 0.25) is 0 Å². The van der Waals surface area contributed by atoms with Gasteiger partial charge in [0.05, 0.1) is 17.4 Å². The van der Waals surface area contributed by atoms with Crippen LogP contribution in [0.4, 0.5) is 4.39 Å². The number of carbonyl (C=O) groups excluding carboxylic acids is 1. The number of imidazole rings is 1.